The maximum atomic E-state index is 11.8. The number of nitrogens with two attached hydrogens (primary N) is 1. The van der Waals surface area contributed by atoms with Crippen LogP contribution in [0, 0.1) is 12.8 Å². The lowest BCUT2D eigenvalue weighted by atomic mass is 10.0. The minimum atomic E-state index is 0.0398. The van der Waals surface area contributed by atoms with Crippen LogP contribution in [0.2, 0.25) is 0 Å². The Balaban J connectivity index is 2.00. The molecule has 0 bridgehead atoms. The second-order valence-electron chi connectivity index (χ2n) is 4.38. The molecule has 0 spiro atoms. The van der Waals surface area contributed by atoms with Crippen molar-refractivity contribution in [3.8, 4) is 0 Å². The van der Waals surface area contributed by atoms with Crippen molar-refractivity contribution in [2.75, 3.05) is 0 Å². The second-order valence-corrected chi connectivity index (χ2v) is 4.38. The van der Waals surface area contributed by atoms with Crippen LogP contribution >= 0.6 is 0 Å². The molecule has 3 heteroatoms. The van der Waals surface area contributed by atoms with Gasteiger partial charge in [0.2, 0.25) is 0 Å². The van der Waals surface area contributed by atoms with E-state index in [1.165, 1.54) is 12.8 Å². The van der Waals surface area contributed by atoms with E-state index in [1.807, 2.05) is 13.0 Å². The monoisotopic (exact) mass is 204 g/mol. The minimum absolute atomic E-state index is 0.0398. The van der Waals surface area contributed by atoms with Gasteiger partial charge in [0.05, 0.1) is 0 Å². The molecule has 3 nitrogen and oxygen atoms in total. The number of pyridine rings is 1. The summed E-state index contributed by atoms with van der Waals surface area (Å²) in [4.78, 5) is 15.8. The van der Waals surface area contributed by atoms with Crippen molar-refractivity contribution >= 4 is 5.78 Å². The molecular weight excluding hydrogens is 188 g/mol. The number of aromatic nitrogens is 1. The Morgan fingerprint density at radius 3 is 2.93 bits per heavy atom. The normalized spacial score (nSPS) is 17.5. The molecule has 2 rings (SSSR count). The fourth-order valence-electron chi connectivity index (χ4n) is 1.73. The first-order chi connectivity index (χ1) is 7.16. The van der Waals surface area contributed by atoms with Gasteiger partial charge in [0, 0.05) is 30.4 Å². The van der Waals surface area contributed by atoms with E-state index in [0.717, 1.165) is 5.56 Å². The Hall–Kier alpha value is -1.22. The molecule has 1 aromatic rings. The summed E-state index contributed by atoms with van der Waals surface area (Å²) in [5.74, 6) is 0.692. The third-order valence-electron chi connectivity index (χ3n) is 2.85. The Kier molecular flexibility index (Phi) is 2.82. The summed E-state index contributed by atoms with van der Waals surface area (Å²) in [6, 6.07) is 1.91. The van der Waals surface area contributed by atoms with Gasteiger partial charge in [0.25, 0.3) is 0 Å². The lowest BCUT2D eigenvalue weighted by molar-refractivity contribution is 0.0971. The molecule has 1 heterocycles. The van der Waals surface area contributed by atoms with Crippen LogP contribution in [0.3, 0.4) is 0 Å². The molecule has 0 saturated heterocycles. The standard InChI is InChI=1S/C12H16N2O/c1-8-4-10(7-14-6-8)12(15)5-11(13)9-2-3-9/h4,6-7,9,11H,2-3,5,13H2,1H3. The molecule has 1 unspecified atom stereocenters. The Labute approximate surface area is 89.7 Å². The van der Waals surface area contributed by atoms with Crippen LogP contribution in [-0.2, 0) is 0 Å². The molecular formula is C12H16N2O. The molecule has 0 amide bonds. The maximum Gasteiger partial charge on any atom is 0.165 e. The highest BCUT2D eigenvalue weighted by molar-refractivity contribution is 5.96. The van der Waals surface area contributed by atoms with E-state index in [4.69, 9.17) is 5.73 Å². The van der Waals surface area contributed by atoms with Gasteiger partial charge < -0.3 is 5.73 Å². The van der Waals surface area contributed by atoms with Crippen LogP contribution in [0.1, 0.15) is 35.2 Å². The van der Waals surface area contributed by atoms with Crippen LogP contribution in [0.4, 0.5) is 0 Å². The number of rotatable bonds is 4. The number of hydrogen-bond donors (Lipinski definition) is 1. The number of carbonyl (C=O) groups excluding carboxylic acids is 1. The van der Waals surface area contributed by atoms with Crippen molar-refractivity contribution < 1.29 is 4.79 Å². The summed E-state index contributed by atoms with van der Waals surface area (Å²) in [7, 11) is 0. The number of carbonyl (C=O) groups is 1. The van der Waals surface area contributed by atoms with Gasteiger partial charge in [-0.25, -0.2) is 0 Å². The first-order valence-corrected chi connectivity index (χ1v) is 5.37. The molecule has 1 atom stereocenters. The van der Waals surface area contributed by atoms with Gasteiger partial charge in [-0.2, -0.15) is 0 Å². The van der Waals surface area contributed by atoms with Gasteiger partial charge in [-0.15, -0.1) is 0 Å². The van der Waals surface area contributed by atoms with Crippen molar-refractivity contribution in [3.05, 3.63) is 29.6 Å². The van der Waals surface area contributed by atoms with E-state index in [1.54, 1.807) is 12.4 Å². The van der Waals surface area contributed by atoms with E-state index in [0.29, 0.717) is 17.9 Å². The van der Waals surface area contributed by atoms with Crippen LogP contribution < -0.4 is 5.73 Å². The quantitative estimate of drug-likeness (QED) is 0.759. The first-order valence-electron chi connectivity index (χ1n) is 5.37. The highest BCUT2D eigenvalue weighted by atomic mass is 16.1. The summed E-state index contributed by atoms with van der Waals surface area (Å²) < 4.78 is 0. The lowest BCUT2D eigenvalue weighted by Crippen LogP contribution is -2.26. The minimum Gasteiger partial charge on any atom is -0.327 e. The predicted octanol–water partition coefficient (Wildman–Crippen LogP) is 1.70. The summed E-state index contributed by atoms with van der Waals surface area (Å²) in [6.07, 6.45) is 6.18. The predicted molar refractivity (Wildman–Crippen MR) is 58.6 cm³/mol. The smallest absolute Gasteiger partial charge is 0.165 e. The molecule has 1 aliphatic rings. The van der Waals surface area contributed by atoms with Crippen LogP contribution in [0.5, 0.6) is 0 Å². The average molecular weight is 204 g/mol. The molecule has 80 valence electrons. The van der Waals surface area contributed by atoms with Gasteiger partial charge in [-0.1, -0.05) is 0 Å². The Morgan fingerprint density at radius 1 is 1.60 bits per heavy atom. The molecule has 2 N–H and O–H groups in total. The fraction of sp³-hybridized carbons (Fsp3) is 0.500. The van der Waals surface area contributed by atoms with E-state index in [-0.39, 0.29) is 11.8 Å². The number of hydrogen-bond acceptors (Lipinski definition) is 3. The molecule has 1 saturated carbocycles. The summed E-state index contributed by atoms with van der Waals surface area (Å²) in [5, 5.41) is 0. The molecule has 1 aromatic heterocycles. The Bertz CT molecular complexity index is 372. The fourth-order valence-corrected chi connectivity index (χ4v) is 1.73. The van der Waals surface area contributed by atoms with E-state index in [2.05, 4.69) is 4.98 Å². The molecule has 0 aliphatic heterocycles. The van der Waals surface area contributed by atoms with Crippen LogP contribution in [0.25, 0.3) is 0 Å². The summed E-state index contributed by atoms with van der Waals surface area (Å²) >= 11 is 0. The Morgan fingerprint density at radius 2 is 2.33 bits per heavy atom. The third-order valence-corrected chi connectivity index (χ3v) is 2.85. The van der Waals surface area contributed by atoms with Gasteiger partial charge >= 0.3 is 0 Å². The number of Topliss-reactive ketones (excluding diaryl/α,β-unsaturated/α-hetero) is 1. The van der Waals surface area contributed by atoms with Crippen LogP contribution in [-0.4, -0.2) is 16.8 Å². The molecule has 1 fully saturated rings. The lowest BCUT2D eigenvalue weighted by Gasteiger charge is -2.08. The van der Waals surface area contributed by atoms with E-state index < -0.39 is 0 Å². The highest BCUT2D eigenvalue weighted by Crippen LogP contribution is 2.33. The zero-order chi connectivity index (χ0) is 10.8. The first kappa shape index (κ1) is 10.3. The highest BCUT2D eigenvalue weighted by Gasteiger charge is 2.29. The van der Waals surface area contributed by atoms with Gasteiger partial charge in [0.15, 0.2) is 5.78 Å². The number of ketones is 1. The van der Waals surface area contributed by atoms with Gasteiger partial charge in [-0.05, 0) is 37.3 Å². The zero-order valence-corrected chi connectivity index (χ0v) is 8.94. The van der Waals surface area contributed by atoms with Gasteiger partial charge in [-0.3, -0.25) is 9.78 Å². The summed E-state index contributed by atoms with van der Waals surface area (Å²) in [5.41, 5.74) is 7.61. The topological polar surface area (TPSA) is 56.0 Å². The molecule has 1 aliphatic carbocycles. The molecule has 0 radical (unpaired) electrons. The van der Waals surface area contributed by atoms with Gasteiger partial charge in [0.1, 0.15) is 0 Å². The third kappa shape index (κ3) is 2.63. The van der Waals surface area contributed by atoms with E-state index >= 15 is 0 Å². The number of aryl methyl sites for hydroxylation is 1. The SMILES string of the molecule is Cc1cncc(C(=O)CC(N)C2CC2)c1. The van der Waals surface area contributed by atoms with Crippen molar-refractivity contribution in [1.82, 2.24) is 4.98 Å². The zero-order valence-electron chi connectivity index (χ0n) is 8.94. The number of nitrogens with zero attached hydrogens (tertiary/aromatic N) is 1. The summed E-state index contributed by atoms with van der Waals surface area (Å²) in [6.45, 7) is 1.94. The van der Waals surface area contributed by atoms with Crippen molar-refractivity contribution in [3.63, 3.8) is 0 Å². The van der Waals surface area contributed by atoms with Crippen molar-refractivity contribution in [2.24, 2.45) is 11.7 Å². The van der Waals surface area contributed by atoms with Crippen molar-refractivity contribution in [1.29, 1.82) is 0 Å². The van der Waals surface area contributed by atoms with Crippen molar-refractivity contribution in [2.45, 2.75) is 32.2 Å². The van der Waals surface area contributed by atoms with Crippen LogP contribution in [0.15, 0.2) is 18.5 Å². The molecule has 0 aromatic carbocycles. The largest absolute Gasteiger partial charge is 0.327 e. The second kappa shape index (κ2) is 4.11. The molecule has 15 heavy (non-hydrogen) atoms. The van der Waals surface area contributed by atoms with E-state index in [9.17, 15) is 4.79 Å². The average Bonchev–Trinajstić information content (AvgIpc) is 3.00. The maximum absolute atomic E-state index is 11.8.